The molecule has 0 N–H and O–H groups in total. The van der Waals surface area contributed by atoms with E-state index in [2.05, 4.69) is 137 Å². The Morgan fingerprint density at radius 2 is 1.11 bits per heavy atom. The van der Waals surface area contributed by atoms with E-state index in [-0.39, 0.29) is 0 Å². The van der Waals surface area contributed by atoms with Gasteiger partial charge in [0.1, 0.15) is 0 Å². The predicted molar refractivity (Wildman–Crippen MR) is 145 cm³/mol. The molecule has 0 amide bonds. The minimum atomic E-state index is 0.925. The fraction of sp³-hybridized carbons (Fsp3) is 0.0312. The van der Waals surface area contributed by atoms with Crippen LogP contribution >= 0.6 is 0 Å². The van der Waals surface area contributed by atoms with Gasteiger partial charge in [-0.15, -0.1) is 0 Å². The quantitative estimate of drug-likeness (QED) is 0.267. The van der Waals surface area contributed by atoms with E-state index in [1.807, 2.05) is 0 Å². The van der Waals surface area contributed by atoms with Gasteiger partial charge >= 0.3 is 0 Å². The van der Waals surface area contributed by atoms with E-state index in [9.17, 15) is 0 Å². The van der Waals surface area contributed by atoms with Crippen LogP contribution in [0.5, 0.6) is 0 Å². The summed E-state index contributed by atoms with van der Waals surface area (Å²) in [6.07, 6.45) is 0. The highest BCUT2D eigenvalue weighted by Gasteiger charge is 2.18. The summed E-state index contributed by atoms with van der Waals surface area (Å²) in [6, 6.07) is 43.0. The second-order valence-corrected chi connectivity index (χ2v) is 9.06. The van der Waals surface area contributed by atoms with Gasteiger partial charge < -0.3 is 0 Å². The van der Waals surface area contributed by atoms with E-state index in [4.69, 9.17) is 4.98 Å². The number of benzene rings is 5. The molecule has 0 saturated carbocycles. The zero-order valence-electron chi connectivity index (χ0n) is 19.4. The number of hydrogen-bond donors (Lipinski definition) is 0. The Hall–Kier alpha value is -4.63. The van der Waals surface area contributed by atoms with E-state index in [0.717, 1.165) is 33.5 Å². The molecule has 0 spiro atoms. The molecule has 2 aromatic heterocycles. The third kappa shape index (κ3) is 3.17. The lowest BCUT2D eigenvalue weighted by molar-refractivity contribution is 1.11. The monoisotopic (exact) mass is 449 g/mol. The zero-order chi connectivity index (χ0) is 23.4. The van der Waals surface area contributed by atoms with Crippen LogP contribution in [0.2, 0.25) is 0 Å². The van der Waals surface area contributed by atoms with E-state index >= 15 is 0 Å². The van der Waals surface area contributed by atoms with Crippen molar-refractivity contribution in [1.82, 2.24) is 14.0 Å². The minimum Gasteiger partial charge on any atom is -0.278 e. The molecule has 2 heterocycles. The maximum absolute atomic E-state index is 5.11. The highest BCUT2D eigenvalue weighted by atomic mass is 15.2. The molecule has 0 saturated heterocycles. The van der Waals surface area contributed by atoms with Crippen LogP contribution in [-0.2, 0) is 0 Å². The summed E-state index contributed by atoms with van der Waals surface area (Å²) in [7, 11) is 0. The molecular weight excluding hydrogens is 426 g/mol. The smallest absolute Gasteiger partial charge is 0.220 e. The molecule has 7 rings (SSSR count). The maximum Gasteiger partial charge on any atom is 0.220 e. The Bertz CT molecular complexity index is 1820. The molecule has 5 aromatic carbocycles. The largest absolute Gasteiger partial charge is 0.278 e. The van der Waals surface area contributed by atoms with E-state index in [1.54, 1.807) is 0 Å². The summed E-state index contributed by atoms with van der Waals surface area (Å²) in [5.41, 5.74) is 11.6. The molecule has 0 fully saturated rings. The van der Waals surface area contributed by atoms with Gasteiger partial charge in [0.2, 0.25) is 5.78 Å². The van der Waals surface area contributed by atoms with E-state index in [0.29, 0.717) is 0 Å². The maximum atomic E-state index is 5.11. The first-order valence-electron chi connectivity index (χ1n) is 11.9. The van der Waals surface area contributed by atoms with Gasteiger partial charge in [0.05, 0.1) is 22.1 Å². The highest BCUT2D eigenvalue weighted by molar-refractivity contribution is 5.95. The molecule has 0 bridgehead atoms. The summed E-state index contributed by atoms with van der Waals surface area (Å²) in [6.45, 7) is 2.12. The van der Waals surface area contributed by atoms with Crippen molar-refractivity contribution in [1.29, 1.82) is 0 Å². The number of fused-ring (bicyclic) bond motifs is 5. The number of hydrogen-bond acceptors (Lipinski definition) is 1. The van der Waals surface area contributed by atoms with Crippen molar-refractivity contribution in [3.63, 3.8) is 0 Å². The van der Waals surface area contributed by atoms with Crippen LogP contribution in [0.1, 0.15) is 5.56 Å². The zero-order valence-corrected chi connectivity index (χ0v) is 19.4. The van der Waals surface area contributed by atoms with Crippen LogP contribution in [0.25, 0.3) is 55.8 Å². The van der Waals surface area contributed by atoms with Crippen LogP contribution in [0.15, 0.2) is 121 Å². The minimum absolute atomic E-state index is 0.925. The Morgan fingerprint density at radius 1 is 0.514 bits per heavy atom. The lowest BCUT2D eigenvalue weighted by atomic mass is 10.0. The topological polar surface area (TPSA) is 22.2 Å². The molecule has 35 heavy (non-hydrogen) atoms. The number of aromatic nitrogens is 3. The Balaban J connectivity index is 1.58. The SMILES string of the molecule is Cc1ccc(-n2c3ccc(-c4ccccc4)cc3n3c4cc(-c5ccccc5)ccc4nc23)cc1. The third-order valence-electron chi connectivity index (χ3n) is 6.80. The third-order valence-corrected chi connectivity index (χ3v) is 6.80. The number of rotatable bonds is 3. The normalized spacial score (nSPS) is 11.6. The van der Waals surface area contributed by atoms with Crippen LogP contribution in [0.3, 0.4) is 0 Å². The molecule has 0 unspecified atom stereocenters. The van der Waals surface area contributed by atoms with Gasteiger partial charge in [-0.3, -0.25) is 8.97 Å². The number of aryl methyl sites for hydroxylation is 1. The lowest BCUT2D eigenvalue weighted by Crippen LogP contribution is -1.95. The Kier molecular flexibility index (Phi) is 4.36. The van der Waals surface area contributed by atoms with Crippen molar-refractivity contribution in [2.45, 2.75) is 6.92 Å². The second kappa shape index (κ2) is 7.71. The number of imidazole rings is 2. The van der Waals surface area contributed by atoms with Gasteiger partial charge in [0, 0.05) is 5.69 Å². The molecule has 0 aliphatic carbocycles. The van der Waals surface area contributed by atoms with Gasteiger partial charge in [-0.1, -0.05) is 90.5 Å². The second-order valence-electron chi connectivity index (χ2n) is 9.06. The first kappa shape index (κ1) is 19.8. The van der Waals surface area contributed by atoms with Crippen LogP contribution in [-0.4, -0.2) is 14.0 Å². The standard InChI is InChI=1S/C32H23N3/c1-22-12-16-27(17-13-22)34-29-19-15-26(24-10-6-3-7-11-24)21-31(29)35-30-20-25(23-8-4-2-5-9-23)14-18-28(30)33-32(34)35/h2-21H,1H3. The fourth-order valence-corrected chi connectivity index (χ4v) is 5.02. The van der Waals surface area contributed by atoms with Gasteiger partial charge in [-0.2, -0.15) is 0 Å². The van der Waals surface area contributed by atoms with Crippen LogP contribution < -0.4 is 0 Å². The van der Waals surface area contributed by atoms with Gasteiger partial charge in [0.15, 0.2) is 0 Å². The predicted octanol–water partition coefficient (Wildman–Crippen LogP) is 8.07. The molecule has 3 nitrogen and oxygen atoms in total. The van der Waals surface area contributed by atoms with Crippen molar-refractivity contribution in [3.05, 3.63) is 127 Å². The van der Waals surface area contributed by atoms with Crippen LogP contribution in [0.4, 0.5) is 0 Å². The Labute approximate surface area is 203 Å². The van der Waals surface area contributed by atoms with Crippen molar-refractivity contribution in [3.8, 4) is 27.9 Å². The van der Waals surface area contributed by atoms with Gasteiger partial charge in [0.25, 0.3) is 0 Å². The molecule has 166 valence electrons. The molecular formula is C32H23N3. The first-order valence-corrected chi connectivity index (χ1v) is 11.9. The molecule has 0 atom stereocenters. The summed E-state index contributed by atoms with van der Waals surface area (Å²) in [5.74, 6) is 0.925. The lowest BCUT2D eigenvalue weighted by Gasteiger charge is -2.07. The summed E-state index contributed by atoms with van der Waals surface area (Å²) in [4.78, 5) is 5.11. The van der Waals surface area contributed by atoms with Crippen molar-refractivity contribution < 1.29 is 0 Å². The molecule has 0 aliphatic heterocycles. The van der Waals surface area contributed by atoms with Gasteiger partial charge in [-0.25, -0.2) is 4.98 Å². The van der Waals surface area contributed by atoms with Crippen molar-refractivity contribution in [2.24, 2.45) is 0 Å². The Morgan fingerprint density at radius 3 is 1.77 bits per heavy atom. The molecule has 7 aromatic rings. The van der Waals surface area contributed by atoms with Crippen LogP contribution in [0, 0.1) is 6.92 Å². The highest BCUT2D eigenvalue weighted by Crippen LogP contribution is 2.34. The molecule has 3 heteroatoms. The molecule has 0 aliphatic rings. The van der Waals surface area contributed by atoms with E-state index in [1.165, 1.54) is 27.8 Å². The summed E-state index contributed by atoms with van der Waals surface area (Å²) < 4.78 is 4.58. The summed E-state index contributed by atoms with van der Waals surface area (Å²) >= 11 is 0. The molecule has 0 radical (unpaired) electrons. The number of nitrogens with zero attached hydrogens (tertiary/aromatic N) is 3. The average molecular weight is 450 g/mol. The van der Waals surface area contributed by atoms with E-state index < -0.39 is 0 Å². The van der Waals surface area contributed by atoms with Crippen molar-refractivity contribution >= 4 is 27.8 Å². The van der Waals surface area contributed by atoms with Gasteiger partial charge in [-0.05, 0) is 65.6 Å². The fourth-order valence-electron chi connectivity index (χ4n) is 5.02. The summed E-state index contributed by atoms with van der Waals surface area (Å²) in [5, 5.41) is 0. The van der Waals surface area contributed by atoms with Crippen molar-refractivity contribution in [2.75, 3.05) is 0 Å². The first-order chi connectivity index (χ1) is 17.3. The average Bonchev–Trinajstić information content (AvgIpc) is 3.44.